The maximum absolute atomic E-state index is 13.1. The molecule has 1 N–H and O–H groups in total. The summed E-state index contributed by atoms with van der Waals surface area (Å²) in [6.45, 7) is 9.69. The van der Waals surface area contributed by atoms with Crippen LogP contribution < -0.4 is 15.1 Å². The van der Waals surface area contributed by atoms with Crippen LogP contribution in [0.4, 0.5) is 21.0 Å². The van der Waals surface area contributed by atoms with Gasteiger partial charge in [0.2, 0.25) is 0 Å². The second-order valence-electron chi connectivity index (χ2n) is 9.54. The van der Waals surface area contributed by atoms with Crippen LogP contribution >= 0.6 is 0 Å². The highest BCUT2D eigenvalue weighted by molar-refractivity contribution is 5.97. The molecule has 31 heavy (non-hydrogen) atoms. The van der Waals surface area contributed by atoms with Gasteiger partial charge in [-0.2, -0.15) is 0 Å². The number of urea groups is 1. The minimum absolute atomic E-state index is 0.0688. The van der Waals surface area contributed by atoms with Gasteiger partial charge in [0.1, 0.15) is 5.60 Å². The monoisotopic (exact) mass is 430 g/mol. The quantitative estimate of drug-likeness (QED) is 0.780. The summed E-state index contributed by atoms with van der Waals surface area (Å²) in [6.07, 6.45) is 2.45. The second kappa shape index (κ2) is 8.94. The van der Waals surface area contributed by atoms with Gasteiger partial charge >= 0.3 is 12.1 Å². The van der Waals surface area contributed by atoms with E-state index in [2.05, 4.69) is 16.3 Å². The molecule has 2 saturated heterocycles. The highest BCUT2D eigenvalue weighted by atomic mass is 16.6. The summed E-state index contributed by atoms with van der Waals surface area (Å²) in [5.74, 6) is 0. The van der Waals surface area contributed by atoms with Gasteiger partial charge in [-0.15, -0.1) is 0 Å². The van der Waals surface area contributed by atoms with Gasteiger partial charge in [-0.25, -0.2) is 9.59 Å². The van der Waals surface area contributed by atoms with E-state index in [4.69, 9.17) is 9.47 Å². The van der Waals surface area contributed by atoms with Crippen LogP contribution in [-0.2, 0) is 9.47 Å². The molecule has 0 spiro atoms. The lowest BCUT2D eigenvalue weighted by Gasteiger charge is -2.43. The average molecular weight is 431 g/mol. The van der Waals surface area contributed by atoms with E-state index in [-0.39, 0.29) is 18.2 Å². The Morgan fingerprint density at radius 3 is 2.45 bits per heavy atom. The SMILES string of the molecule is CC(C)(C)OC(=O)N1CC[C@@H](NC(=O)N2CCN(C3CCOCC3)c3ccccc32)C1. The molecule has 0 unspecified atom stereocenters. The summed E-state index contributed by atoms with van der Waals surface area (Å²) in [6, 6.07) is 8.41. The van der Waals surface area contributed by atoms with Crippen LogP contribution in [0.3, 0.4) is 0 Å². The molecule has 3 aliphatic rings. The van der Waals surface area contributed by atoms with Crippen molar-refractivity contribution in [1.82, 2.24) is 10.2 Å². The van der Waals surface area contributed by atoms with Gasteiger partial charge in [0.15, 0.2) is 0 Å². The predicted octanol–water partition coefficient (Wildman–Crippen LogP) is 3.21. The Hall–Kier alpha value is -2.48. The molecule has 3 aliphatic heterocycles. The first kappa shape index (κ1) is 21.7. The van der Waals surface area contributed by atoms with E-state index in [1.807, 2.05) is 43.9 Å². The van der Waals surface area contributed by atoms with Crippen molar-refractivity contribution in [2.24, 2.45) is 0 Å². The summed E-state index contributed by atoms with van der Waals surface area (Å²) in [4.78, 5) is 31.4. The summed E-state index contributed by atoms with van der Waals surface area (Å²) in [7, 11) is 0. The Bertz CT molecular complexity index is 803. The van der Waals surface area contributed by atoms with Gasteiger partial charge in [0.05, 0.1) is 17.4 Å². The smallest absolute Gasteiger partial charge is 0.410 e. The Kier molecular flexibility index (Phi) is 6.27. The topological polar surface area (TPSA) is 74.4 Å². The molecule has 0 saturated carbocycles. The summed E-state index contributed by atoms with van der Waals surface area (Å²) >= 11 is 0. The van der Waals surface area contributed by atoms with Crippen molar-refractivity contribution in [3.63, 3.8) is 0 Å². The predicted molar refractivity (Wildman–Crippen MR) is 120 cm³/mol. The van der Waals surface area contributed by atoms with Gasteiger partial charge in [-0.3, -0.25) is 4.90 Å². The number of anilines is 2. The number of likely N-dealkylation sites (tertiary alicyclic amines) is 1. The fraction of sp³-hybridized carbons (Fsp3) is 0.652. The molecule has 2 fully saturated rings. The zero-order valence-electron chi connectivity index (χ0n) is 18.8. The number of rotatable bonds is 2. The van der Waals surface area contributed by atoms with Gasteiger partial charge in [0, 0.05) is 45.4 Å². The molecular formula is C23H34N4O4. The van der Waals surface area contributed by atoms with E-state index in [1.165, 1.54) is 0 Å². The molecule has 0 bridgehead atoms. The van der Waals surface area contributed by atoms with Crippen molar-refractivity contribution in [2.45, 2.75) is 57.7 Å². The van der Waals surface area contributed by atoms with Gasteiger partial charge in [-0.1, -0.05) is 12.1 Å². The van der Waals surface area contributed by atoms with Crippen molar-refractivity contribution in [3.8, 4) is 0 Å². The number of hydrogen-bond acceptors (Lipinski definition) is 5. The first-order valence-electron chi connectivity index (χ1n) is 11.3. The fourth-order valence-electron chi connectivity index (χ4n) is 4.59. The number of amides is 3. The van der Waals surface area contributed by atoms with Crippen LogP contribution in [-0.4, -0.2) is 74.1 Å². The molecular weight excluding hydrogens is 396 g/mol. The van der Waals surface area contributed by atoms with Gasteiger partial charge in [-0.05, 0) is 52.2 Å². The van der Waals surface area contributed by atoms with Crippen LogP contribution in [0.15, 0.2) is 24.3 Å². The third-order valence-corrected chi connectivity index (χ3v) is 6.09. The lowest BCUT2D eigenvalue weighted by Crippen LogP contribution is -2.53. The first-order valence-corrected chi connectivity index (χ1v) is 11.3. The molecule has 8 heteroatoms. The number of nitrogens with zero attached hydrogens (tertiary/aromatic N) is 3. The standard InChI is InChI=1S/C23H34N4O4/c1-23(2,3)31-22(29)25-11-8-17(16-25)24-21(28)27-13-12-26(18-9-14-30-15-10-18)19-6-4-5-7-20(19)27/h4-7,17-18H,8-16H2,1-3H3,(H,24,28)/t17-/m1/s1. The van der Waals surface area contributed by atoms with E-state index in [0.29, 0.717) is 25.7 Å². The Morgan fingerprint density at radius 2 is 1.74 bits per heavy atom. The van der Waals surface area contributed by atoms with Crippen LogP contribution in [0.5, 0.6) is 0 Å². The largest absolute Gasteiger partial charge is 0.444 e. The molecule has 1 atom stereocenters. The number of benzene rings is 1. The number of ether oxygens (including phenoxy) is 2. The lowest BCUT2D eigenvalue weighted by molar-refractivity contribution is 0.0291. The van der Waals surface area contributed by atoms with E-state index < -0.39 is 5.60 Å². The molecule has 8 nitrogen and oxygen atoms in total. The summed E-state index contributed by atoms with van der Waals surface area (Å²) in [5.41, 5.74) is 1.53. The van der Waals surface area contributed by atoms with E-state index >= 15 is 0 Å². The molecule has 0 aliphatic carbocycles. The Morgan fingerprint density at radius 1 is 1.03 bits per heavy atom. The first-order chi connectivity index (χ1) is 14.8. The van der Waals surface area contributed by atoms with Crippen molar-refractivity contribution >= 4 is 23.5 Å². The number of carbonyl (C=O) groups excluding carboxylic acids is 2. The third kappa shape index (κ3) is 5.06. The molecule has 3 heterocycles. The molecule has 1 aromatic carbocycles. The van der Waals surface area contributed by atoms with Crippen molar-refractivity contribution in [3.05, 3.63) is 24.3 Å². The molecule has 4 rings (SSSR count). The molecule has 1 aromatic rings. The lowest BCUT2D eigenvalue weighted by atomic mass is 10.0. The Balaban J connectivity index is 1.39. The maximum Gasteiger partial charge on any atom is 0.410 e. The number of nitrogens with one attached hydrogen (secondary N) is 1. The van der Waals surface area contributed by atoms with Gasteiger partial charge < -0.3 is 24.6 Å². The molecule has 170 valence electrons. The zero-order chi connectivity index (χ0) is 22.0. The van der Waals surface area contributed by atoms with Crippen LogP contribution in [0.25, 0.3) is 0 Å². The number of para-hydroxylation sites is 2. The van der Waals surface area contributed by atoms with Crippen LogP contribution in [0, 0.1) is 0 Å². The average Bonchev–Trinajstić information content (AvgIpc) is 3.21. The molecule has 0 aromatic heterocycles. The highest BCUT2D eigenvalue weighted by Gasteiger charge is 2.34. The van der Waals surface area contributed by atoms with Crippen molar-refractivity contribution < 1.29 is 19.1 Å². The summed E-state index contributed by atoms with van der Waals surface area (Å²) in [5, 5.41) is 3.13. The normalized spacial score (nSPS) is 22.3. The highest BCUT2D eigenvalue weighted by Crippen LogP contribution is 2.36. The number of carbonyl (C=O) groups is 2. The summed E-state index contributed by atoms with van der Waals surface area (Å²) < 4.78 is 11.0. The second-order valence-corrected chi connectivity index (χ2v) is 9.54. The van der Waals surface area contributed by atoms with Crippen molar-refractivity contribution in [1.29, 1.82) is 0 Å². The number of fused-ring (bicyclic) bond motifs is 1. The molecule has 3 amide bonds. The minimum Gasteiger partial charge on any atom is -0.444 e. The maximum atomic E-state index is 13.1. The molecule has 0 radical (unpaired) electrons. The van der Waals surface area contributed by atoms with Crippen LogP contribution in [0.1, 0.15) is 40.0 Å². The van der Waals surface area contributed by atoms with Gasteiger partial charge in [0.25, 0.3) is 0 Å². The zero-order valence-corrected chi connectivity index (χ0v) is 18.8. The minimum atomic E-state index is -0.522. The van der Waals surface area contributed by atoms with E-state index in [0.717, 1.165) is 50.4 Å². The van der Waals surface area contributed by atoms with Crippen molar-refractivity contribution in [2.75, 3.05) is 49.2 Å². The Labute approximate surface area is 184 Å². The van der Waals surface area contributed by atoms with E-state index in [9.17, 15) is 9.59 Å². The van der Waals surface area contributed by atoms with Crippen LogP contribution in [0.2, 0.25) is 0 Å². The fourth-order valence-corrected chi connectivity index (χ4v) is 4.59. The third-order valence-electron chi connectivity index (χ3n) is 6.09. The van der Waals surface area contributed by atoms with E-state index in [1.54, 1.807) is 4.90 Å². The number of hydrogen-bond donors (Lipinski definition) is 1.